The highest BCUT2D eigenvalue weighted by Crippen LogP contribution is 2.14. The third kappa shape index (κ3) is 4.07. The summed E-state index contributed by atoms with van der Waals surface area (Å²) >= 11 is 0. The van der Waals surface area contributed by atoms with Crippen molar-refractivity contribution in [2.75, 3.05) is 13.1 Å². The number of likely N-dealkylation sites (N-methyl/N-ethyl adjacent to an activating group) is 1. The normalized spacial score (nSPS) is 12.3. The predicted molar refractivity (Wildman–Crippen MR) is 81.7 cm³/mol. The molecular formula is C17H22N2O. The maximum absolute atomic E-state index is 6.08. The number of pyridine rings is 1. The van der Waals surface area contributed by atoms with Gasteiger partial charge in [0.05, 0.1) is 0 Å². The van der Waals surface area contributed by atoms with Gasteiger partial charge in [-0.05, 0) is 24.7 Å². The van der Waals surface area contributed by atoms with E-state index in [-0.39, 0.29) is 6.23 Å². The Labute approximate surface area is 121 Å². The number of ether oxygens (including phenoxy) is 1. The van der Waals surface area contributed by atoms with E-state index in [1.165, 1.54) is 5.56 Å². The van der Waals surface area contributed by atoms with Crippen LogP contribution in [0.15, 0.2) is 54.7 Å². The Morgan fingerprint density at radius 2 is 1.70 bits per heavy atom. The van der Waals surface area contributed by atoms with Gasteiger partial charge in [-0.1, -0.05) is 50.2 Å². The fourth-order valence-electron chi connectivity index (χ4n) is 2.25. The van der Waals surface area contributed by atoms with Crippen LogP contribution < -0.4 is 4.74 Å². The molecule has 1 aromatic carbocycles. The average Bonchev–Trinajstić information content (AvgIpc) is 2.50. The third-order valence-electron chi connectivity index (χ3n) is 3.37. The van der Waals surface area contributed by atoms with Crippen LogP contribution >= 0.6 is 0 Å². The zero-order valence-electron chi connectivity index (χ0n) is 12.2. The lowest BCUT2D eigenvalue weighted by Crippen LogP contribution is -2.41. The van der Waals surface area contributed by atoms with Gasteiger partial charge in [-0.25, -0.2) is 4.98 Å². The minimum Gasteiger partial charge on any atom is -0.458 e. The highest BCUT2D eigenvalue weighted by molar-refractivity contribution is 5.16. The van der Waals surface area contributed by atoms with Crippen LogP contribution in [0.25, 0.3) is 0 Å². The first-order chi connectivity index (χ1) is 9.83. The van der Waals surface area contributed by atoms with Crippen LogP contribution in [-0.2, 0) is 6.42 Å². The summed E-state index contributed by atoms with van der Waals surface area (Å²) in [6, 6.07) is 16.2. The van der Waals surface area contributed by atoms with E-state index in [0.717, 1.165) is 19.5 Å². The highest BCUT2D eigenvalue weighted by atomic mass is 16.5. The van der Waals surface area contributed by atoms with E-state index >= 15 is 0 Å². The molecule has 20 heavy (non-hydrogen) atoms. The number of hydrogen-bond acceptors (Lipinski definition) is 3. The van der Waals surface area contributed by atoms with Gasteiger partial charge in [-0.3, -0.25) is 4.90 Å². The van der Waals surface area contributed by atoms with Crippen LogP contribution in [0, 0.1) is 0 Å². The summed E-state index contributed by atoms with van der Waals surface area (Å²) in [7, 11) is 0. The highest BCUT2D eigenvalue weighted by Gasteiger charge is 2.18. The summed E-state index contributed by atoms with van der Waals surface area (Å²) in [4.78, 5) is 6.57. The molecule has 1 unspecified atom stereocenters. The van der Waals surface area contributed by atoms with Gasteiger partial charge in [0.15, 0.2) is 6.23 Å². The molecule has 0 aliphatic carbocycles. The second kappa shape index (κ2) is 7.65. The van der Waals surface area contributed by atoms with Crippen molar-refractivity contribution in [3.63, 3.8) is 0 Å². The van der Waals surface area contributed by atoms with Crippen molar-refractivity contribution in [2.45, 2.75) is 26.5 Å². The molecule has 1 aromatic heterocycles. The molecule has 0 radical (unpaired) electrons. The summed E-state index contributed by atoms with van der Waals surface area (Å²) in [5.41, 5.74) is 1.28. The number of hydrogen-bond donors (Lipinski definition) is 0. The lowest BCUT2D eigenvalue weighted by molar-refractivity contribution is 0.0295. The molecule has 0 spiro atoms. The second-order valence-corrected chi connectivity index (χ2v) is 4.65. The van der Waals surface area contributed by atoms with Crippen LogP contribution in [0.3, 0.4) is 0 Å². The maximum Gasteiger partial charge on any atom is 0.214 e. The van der Waals surface area contributed by atoms with E-state index in [1.807, 2.05) is 24.3 Å². The Morgan fingerprint density at radius 3 is 2.30 bits per heavy atom. The zero-order chi connectivity index (χ0) is 14.2. The predicted octanol–water partition coefficient (Wildman–Crippen LogP) is 3.37. The molecule has 0 aliphatic rings. The van der Waals surface area contributed by atoms with Crippen molar-refractivity contribution in [3.8, 4) is 5.88 Å². The quantitative estimate of drug-likeness (QED) is 0.721. The number of aromatic nitrogens is 1. The third-order valence-corrected chi connectivity index (χ3v) is 3.37. The van der Waals surface area contributed by atoms with Crippen molar-refractivity contribution in [3.05, 3.63) is 60.3 Å². The van der Waals surface area contributed by atoms with Gasteiger partial charge < -0.3 is 4.74 Å². The number of benzene rings is 1. The summed E-state index contributed by atoms with van der Waals surface area (Å²) in [6.45, 7) is 6.23. The summed E-state index contributed by atoms with van der Waals surface area (Å²) in [6.07, 6.45) is 2.64. The van der Waals surface area contributed by atoms with Gasteiger partial charge in [0, 0.05) is 18.7 Å². The molecular weight excluding hydrogens is 248 g/mol. The molecule has 1 heterocycles. The molecule has 0 saturated carbocycles. The van der Waals surface area contributed by atoms with Crippen molar-refractivity contribution < 1.29 is 4.74 Å². The zero-order valence-corrected chi connectivity index (χ0v) is 12.2. The largest absolute Gasteiger partial charge is 0.458 e. The van der Waals surface area contributed by atoms with Crippen LogP contribution in [0.2, 0.25) is 0 Å². The van der Waals surface area contributed by atoms with E-state index in [9.17, 15) is 0 Å². The Morgan fingerprint density at radius 1 is 1.00 bits per heavy atom. The molecule has 0 aliphatic heterocycles. The van der Waals surface area contributed by atoms with Gasteiger partial charge in [0.1, 0.15) is 0 Å². The molecule has 3 nitrogen and oxygen atoms in total. The topological polar surface area (TPSA) is 25.4 Å². The standard InChI is InChI=1S/C17H22N2O/c1-3-19(4-2)17(14-15-10-6-5-7-11-15)20-16-12-8-9-13-18-16/h5-13,17H,3-4,14H2,1-2H3. The fourth-order valence-corrected chi connectivity index (χ4v) is 2.25. The molecule has 1 atom stereocenters. The number of rotatable bonds is 7. The maximum atomic E-state index is 6.08. The van der Waals surface area contributed by atoms with Crippen LogP contribution in [0.1, 0.15) is 19.4 Å². The molecule has 0 saturated heterocycles. The van der Waals surface area contributed by atoms with E-state index in [1.54, 1.807) is 6.20 Å². The Balaban J connectivity index is 2.12. The first-order valence-electron chi connectivity index (χ1n) is 7.19. The molecule has 2 aromatic rings. The first kappa shape index (κ1) is 14.5. The second-order valence-electron chi connectivity index (χ2n) is 4.65. The first-order valence-corrected chi connectivity index (χ1v) is 7.19. The molecule has 106 valence electrons. The summed E-state index contributed by atoms with van der Waals surface area (Å²) in [5, 5.41) is 0. The van der Waals surface area contributed by atoms with Gasteiger partial charge in [-0.15, -0.1) is 0 Å². The van der Waals surface area contributed by atoms with Crippen LogP contribution in [0.5, 0.6) is 5.88 Å². The minimum absolute atomic E-state index is 0.0160. The SMILES string of the molecule is CCN(CC)C(Cc1ccccc1)Oc1ccccn1. The molecule has 0 amide bonds. The lowest BCUT2D eigenvalue weighted by Gasteiger charge is -2.29. The molecule has 0 N–H and O–H groups in total. The lowest BCUT2D eigenvalue weighted by atomic mass is 10.1. The van der Waals surface area contributed by atoms with Crippen molar-refractivity contribution in [2.24, 2.45) is 0 Å². The van der Waals surface area contributed by atoms with Crippen molar-refractivity contribution in [1.82, 2.24) is 9.88 Å². The Kier molecular flexibility index (Phi) is 5.56. The molecule has 0 bridgehead atoms. The summed E-state index contributed by atoms with van der Waals surface area (Å²) < 4.78 is 6.08. The Hall–Kier alpha value is -1.87. The smallest absolute Gasteiger partial charge is 0.214 e. The van der Waals surface area contributed by atoms with E-state index in [4.69, 9.17) is 4.74 Å². The van der Waals surface area contributed by atoms with E-state index in [0.29, 0.717) is 5.88 Å². The fraction of sp³-hybridized carbons (Fsp3) is 0.353. The summed E-state index contributed by atoms with van der Waals surface area (Å²) in [5.74, 6) is 0.681. The Bertz CT molecular complexity index is 441. The van der Waals surface area contributed by atoms with E-state index in [2.05, 4.69) is 48.0 Å². The monoisotopic (exact) mass is 270 g/mol. The average molecular weight is 270 g/mol. The molecule has 3 heteroatoms. The van der Waals surface area contributed by atoms with Gasteiger partial charge in [0.2, 0.25) is 5.88 Å². The number of nitrogens with zero attached hydrogens (tertiary/aromatic N) is 2. The molecule has 2 rings (SSSR count). The molecule has 0 fully saturated rings. The van der Waals surface area contributed by atoms with Crippen LogP contribution in [0.4, 0.5) is 0 Å². The van der Waals surface area contributed by atoms with Gasteiger partial charge >= 0.3 is 0 Å². The van der Waals surface area contributed by atoms with Crippen molar-refractivity contribution >= 4 is 0 Å². The minimum atomic E-state index is 0.0160. The van der Waals surface area contributed by atoms with Crippen molar-refractivity contribution in [1.29, 1.82) is 0 Å². The van der Waals surface area contributed by atoms with Crippen LogP contribution in [-0.4, -0.2) is 29.2 Å². The van der Waals surface area contributed by atoms with Gasteiger partial charge in [0.25, 0.3) is 0 Å². The van der Waals surface area contributed by atoms with E-state index < -0.39 is 0 Å². The van der Waals surface area contributed by atoms with Gasteiger partial charge in [-0.2, -0.15) is 0 Å².